The average molecular weight is 426 g/mol. The van der Waals surface area contributed by atoms with E-state index in [-0.39, 0.29) is 31.1 Å². The molecule has 0 aliphatic carbocycles. The topological polar surface area (TPSA) is 55.4 Å². The monoisotopic (exact) mass is 425 g/mol. The highest BCUT2D eigenvalue weighted by Gasteiger charge is 2.42. The largest absolute Gasteiger partial charge is 0.457 e. The van der Waals surface area contributed by atoms with Gasteiger partial charge in [0.2, 0.25) is 0 Å². The fourth-order valence-electron chi connectivity index (χ4n) is 4.18. The Balaban J connectivity index is 0.00000166. The molecule has 168 valence electrons. The minimum Gasteiger partial charge on any atom is -0.457 e. The van der Waals surface area contributed by atoms with Crippen LogP contribution >= 0.6 is 0 Å². The smallest absolute Gasteiger partial charge is 0.362 e. The number of aryl methyl sites for hydroxylation is 2. The van der Waals surface area contributed by atoms with Gasteiger partial charge in [0.05, 0.1) is 13.6 Å². The highest BCUT2D eigenvalue weighted by molar-refractivity contribution is 5.95. The van der Waals surface area contributed by atoms with Gasteiger partial charge in [-0.1, -0.05) is 62.4 Å². The van der Waals surface area contributed by atoms with Crippen LogP contribution in [-0.4, -0.2) is 42.5 Å². The number of para-hydroxylation sites is 1. The lowest BCUT2D eigenvalue weighted by Crippen LogP contribution is -2.61. The number of quaternary nitrogens is 1. The van der Waals surface area contributed by atoms with Gasteiger partial charge in [-0.25, -0.2) is 4.79 Å². The second-order valence-corrected chi connectivity index (χ2v) is 8.28. The quantitative estimate of drug-likeness (QED) is 0.523. The Morgan fingerprint density at radius 1 is 1.00 bits per heavy atom. The van der Waals surface area contributed by atoms with E-state index in [1.165, 1.54) is 0 Å². The van der Waals surface area contributed by atoms with Crippen molar-refractivity contribution < 1.29 is 18.8 Å². The summed E-state index contributed by atoms with van der Waals surface area (Å²) in [6, 6.07) is 15.4. The Morgan fingerprint density at radius 3 is 2.29 bits per heavy atom. The van der Waals surface area contributed by atoms with E-state index in [0.717, 1.165) is 48.2 Å². The fourth-order valence-corrected chi connectivity index (χ4v) is 4.18. The third-order valence-electron chi connectivity index (χ3n) is 5.91. The number of hydrogen-bond donors (Lipinski definition) is 1. The molecule has 2 unspecified atom stereocenters. The maximum absolute atomic E-state index is 13.2. The van der Waals surface area contributed by atoms with Gasteiger partial charge in [0, 0.05) is 12.1 Å². The van der Waals surface area contributed by atoms with E-state index in [2.05, 4.69) is 5.32 Å². The second-order valence-electron chi connectivity index (χ2n) is 8.28. The number of rotatable bonds is 6. The summed E-state index contributed by atoms with van der Waals surface area (Å²) in [6.45, 7) is 9.26. The molecule has 5 heteroatoms. The second kappa shape index (κ2) is 11.7. The first-order valence-electron chi connectivity index (χ1n) is 11.3. The number of anilines is 1. The van der Waals surface area contributed by atoms with Crippen LogP contribution in [0.4, 0.5) is 5.69 Å². The number of carbonyl (C=O) groups is 2. The van der Waals surface area contributed by atoms with Gasteiger partial charge in [-0.15, -0.1) is 0 Å². The van der Waals surface area contributed by atoms with Gasteiger partial charge in [-0.3, -0.25) is 4.79 Å². The summed E-state index contributed by atoms with van der Waals surface area (Å²) < 4.78 is 5.89. The number of amides is 1. The maximum Gasteiger partial charge on any atom is 0.362 e. The molecule has 0 saturated carbocycles. The zero-order valence-corrected chi connectivity index (χ0v) is 19.6. The number of carbonyl (C=O) groups excluding carboxylic acids is 2. The predicted octanol–water partition coefficient (Wildman–Crippen LogP) is 5.01. The molecule has 5 nitrogen and oxygen atoms in total. The molecular weight excluding hydrogens is 388 g/mol. The van der Waals surface area contributed by atoms with Crippen molar-refractivity contribution in [3.8, 4) is 0 Å². The molecule has 0 spiro atoms. The van der Waals surface area contributed by atoms with Gasteiger partial charge < -0.3 is 14.5 Å². The molecule has 0 bridgehead atoms. The van der Waals surface area contributed by atoms with E-state index >= 15 is 0 Å². The Hall–Kier alpha value is -2.66. The maximum atomic E-state index is 13.2. The lowest BCUT2D eigenvalue weighted by Gasteiger charge is -2.43. The SMILES string of the molecule is CC.Cc1cccc(C)c1NC(=O)C1CCCC[N+]1(C)CC(=O)OCc1ccccc1. The molecule has 2 aromatic carbocycles. The van der Waals surface area contributed by atoms with Gasteiger partial charge >= 0.3 is 5.97 Å². The minimum atomic E-state index is -0.261. The van der Waals surface area contributed by atoms with Crippen LogP contribution in [0, 0.1) is 13.8 Å². The Morgan fingerprint density at radius 2 is 1.65 bits per heavy atom. The van der Waals surface area contributed by atoms with Crippen molar-refractivity contribution in [3.63, 3.8) is 0 Å². The summed E-state index contributed by atoms with van der Waals surface area (Å²) in [5.74, 6) is -0.274. The Kier molecular flexibility index (Phi) is 9.25. The summed E-state index contributed by atoms with van der Waals surface area (Å²) in [7, 11) is 2.00. The Labute approximate surface area is 187 Å². The number of esters is 1. The van der Waals surface area contributed by atoms with E-state index < -0.39 is 0 Å². The number of nitrogens with one attached hydrogen (secondary N) is 1. The highest BCUT2D eigenvalue weighted by atomic mass is 16.5. The van der Waals surface area contributed by atoms with Gasteiger partial charge in [0.1, 0.15) is 6.61 Å². The first-order chi connectivity index (χ1) is 14.9. The number of nitrogens with zero attached hydrogens (tertiary/aromatic N) is 1. The molecule has 1 aliphatic heterocycles. The number of likely N-dealkylation sites (tertiary alicyclic amines) is 1. The van der Waals surface area contributed by atoms with Crippen LogP contribution in [0.25, 0.3) is 0 Å². The van der Waals surface area contributed by atoms with Crippen molar-refractivity contribution in [2.45, 2.75) is 59.6 Å². The van der Waals surface area contributed by atoms with Crippen LogP contribution in [0.3, 0.4) is 0 Å². The van der Waals surface area contributed by atoms with Gasteiger partial charge in [-0.05, 0) is 43.4 Å². The highest BCUT2D eigenvalue weighted by Crippen LogP contribution is 2.27. The fraction of sp³-hybridized carbons (Fsp3) is 0.462. The van der Waals surface area contributed by atoms with Crippen molar-refractivity contribution in [1.82, 2.24) is 0 Å². The average Bonchev–Trinajstić information content (AvgIpc) is 2.77. The van der Waals surface area contributed by atoms with Gasteiger partial charge in [0.25, 0.3) is 5.91 Å². The van der Waals surface area contributed by atoms with Gasteiger partial charge in [0.15, 0.2) is 12.6 Å². The number of likely N-dealkylation sites (N-methyl/N-ethyl adjacent to an activating group) is 1. The summed E-state index contributed by atoms with van der Waals surface area (Å²) in [5, 5.41) is 3.13. The summed E-state index contributed by atoms with van der Waals surface area (Å²) in [4.78, 5) is 25.7. The molecule has 1 fully saturated rings. The molecule has 1 amide bonds. The van der Waals surface area contributed by atoms with Crippen LogP contribution in [0.5, 0.6) is 0 Å². The molecule has 31 heavy (non-hydrogen) atoms. The van der Waals surface area contributed by atoms with E-state index in [1.54, 1.807) is 0 Å². The molecule has 1 heterocycles. The normalized spacial score (nSPS) is 20.2. The number of hydrogen-bond acceptors (Lipinski definition) is 3. The van der Waals surface area contributed by atoms with Crippen molar-refractivity contribution in [1.29, 1.82) is 0 Å². The van der Waals surface area contributed by atoms with Crippen LogP contribution in [0.15, 0.2) is 48.5 Å². The van der Waals surface area contributed by atoms with Crippen LogP contribution < -0.4 is 5.32 Å². The third kappa shape index (κ3) is 6.66. The number of benzene rings is 2. The first kappa shape index (κ1) is 24.6. The van der Waals surface area contributed by atoms with Crippen LogP contribution in [0.1, 0.15) is 49.8 Å². The molecule has 2 atom stereocenters. The predicted molar refractivity (Wildman–Crippen MR) is 126 cm³/mol. The standard InChI is InChI=1S/C24H30N2O3.C2H6/c1-18-10-9-11-19(2)23(18)25-24(28)21-14-7-8-15-26(21,3)16-22(27)29-17-20-12-5-4-6-13-20;1-2/h4-6,9-13,21H,7-8,14-17H2,1-3H3;1-2H3/p+1. The molecule has 2 aromatic rings. The van der Waals surface area contributed by atoms with E-state index in [1.807, 2.05) is 83.3 Å². The van der Waals surface area contributed by atoms with E-state index in [9.17, 15) is 9.59 Å². The Bertz CT molecular complexity index is 846. The summed E-state index contributed by atoms with van der Waals surface area (Å²) >= 11 is 0. The summed E-state index contributed by atoms with van der Waals surface area (Å²) in [6.07, 6.45) is 2.78. The zero-order valence-electron chi connectivity index (χ0n) is 19.6. The lowest BCUT2D eigenvalue weighted by molar-refractivity contribution is -0.922. The van der Waals surface area contributed by atoms with E-state index in [0.29, 0.717) is 4.48 Å². The molecule has 1 aliphatic rings. The van der Waals surface area contributed by atoms with Crippen LogP contribution in [-0.2, 0) is 20.9 Å². The van der Waals surface area contributed by atoms with E-state index in [4.69, 9.17) is 4.74 Å². The van der Waals surface area contributed by atoms with Crippen molar-refractivity contribution in [3.05, 3.63) is 65.2 Å². The number of ether oxygens (including phenoxy) is 1. The third-order valence-corrected chi connectivity index (χ3v) is 5.91. The summed E-state index contributed by atoms with van der Waals surface area (Å²) in [5.41, 5.74) is 3.93. The zero-order chi connectivity index (χ0) is 22.9. The van der Waals surface area contributed by atoms with Crippen molar-refractivity contribution in [2.24, 2.45) is 0 Å². The van der Waals surface area contributed by atoms with Crippen molar-refractivity contribution in [2.75, 3.05) is 25.5 Å². The van der Waals surface area contributed by atoms with Crippen molar-refractivity contribution >= 4 is 17.6 Å². The molecule has 1 saturated heterocycles. The molecule has 0 aromatic heterocycles. The molecule has 1 N–H and O–H groups in total. The first-order valence-corrected chi connectivity index (χ1v) is 11.3. The van der Waals surface area contributed by atoms with Gasteiger partial charge in [-0.2, -0.15) is 0 Å². The van der Waals surface area contributed by atoms with Crippen LogP contribution in [0.2, 0.25) is 0 Å². The molecule has 3 rings (SSSR count). The molecule has 0 radical (unpaired) electrons. The minimum absolute atomic E-state index is 0.0135. The number of piperidine rings is 1. The lowest BCUT2D eigenvalue weighted by atomic mass is 9.97. The molecular formula is C26H37N2O3+.